The van der Waals surface area contributed by atoms with E-state index in [1.807, 2.05) is 18.2 Å². The number of aliphatic hydroxyl groups is 1. The summed E-state index contributed by atoms with van der Waals surface area (Å²) in [5, 5.41) is 12.4. The predicted octanol–water partition coefficient (Wildman–Crippen LogP) is 1.48. The van der Waals surface area contributed by atoms with Gasteiger partial charge in [0, 0.05) is 38.4 Å². The Morgan fingerprint density at radius 1 is 1.16 bits per heavy atom. The molecule has 1 aromatic heterocycles. The summed E-state index contributed by atoms with van der Waals surface area (Å²) in [6.45, 7) is 6.50. The van der Waals surface area contributed by atoms with Crippen molar-refractivity contribution in [3.63, 3.8) is 0 Å². The first-order valence-corrected chi connectivity index (χ1v) is 8.76. The highest BCUT2D eigenvalue weighted by Gasteiger charge is 2.21. The van der Waals surface area contributed by atoms with Crippen LogP contribution in [0.1, 0.15) is 12.5 Å². The standard InChI is InChI=1S/C18H26N6O/c1-2-14-5-3-4-6-15(14)22-17-16(19)18(21-13-20-17)24-9-7-23(8-10-24)11-12-25/h3-6,13,25H,2,7-12,19H2,1H3,(H,20,21,22). The fourth-order valence-electron chi connectivity index (χ4n) is 3.14. The maximum Gasteiger partial charge on any atom is 0.159 e. The number of aromatic nitrogens is 2. The third kappa shape index (κ3) is 4.00. The average Bonchev–Trinajstić information content (AvgIpc) is 2.65. The zero-order chi connectivity index (χ0) is 17.6. The molecule has 0 atom stereocenters. The molecule has 25 heavy (non-hydrogen) atoms. The highest BCUT2D eigenvalue weighted by Crippen LogP contribution is 2.30. The maximum absolute atomic E-state index is 9.06. The molecular formula is C18H26N6O. The van der Waals surface area contributed by atoms with Crippen molar-refractivity contribution in [2.45, 2.75) is 13.3 Å². The molecule has 1 aliphatic heterocycles. The lowest BCUT2D eigenvalue weighted by Crippen LogP contribution is -2.47. The molecule has 7 nitrogen and oxygen atoms in total. The van der Waals surface area contributed by atoms with E-state index in [9.17, 15) is 0 Å². The second kappa shape index (κ2) is 8.13. The van der Waals surface area contributed by atoms with Crippen LogP contribution in [0, 0.1) is 0 Å². The van der Waals surface area contributed by atoms with Gasteiger partial charge in [-0.2, -0.15) is 0 Å². The summed E-state index contributed by atoms with van der Waals surface area (Å²) < 4.78 is 0. The molecule has 0 aliphatic carbocycles. The van der Waals surface area contributed by atoms with E-state index in [1.165, 1.54) is 5.56 Å². The molecule has 1 saturated heterocycles. The first-order chi connectivity index (χ1) is 12.2. The molecule has 0 bridgehead atoms. The Labute approximate surface area is 148 Å². The van der Waals surface area contributed by atoms with E-state index in [2.05, 4.69) is 38.1 Å². The van der Waals surface area contributed by atoms with Crippen LogP contribution in [0.15, 0.2) is 30.6 Å². The molecule has 3 rings (SSSR count). The Kier molecular flexibility index (Phi) is 5.67. The fourth-order valence-corrected chi connectivity index (χ4v) is 3.14. The van der Waals surface area contributed by atoms with E-state index in [-0.39, 0.29) is 6.61 Å². The number of nitrogens with two attached hydrogens (primary N) is 1. The normalized spacial score (nSPS) is 15.4. The van der Waals surface area contributed by atoms with Gasteiger partial charge in [-0.25, -0.2) is 9.97 Å². The van der Waals surface area contributed by atoms with E-state index in [0.29, 0.717) is 18.1 Å². The van der Waals surface area contributed by atoms with Crippen LogP contribution in [0.4, 0.5) is 23.0 Å². The summed E-state index contributed by atoms with van der Waals surface area (Å²) in [7, 11) is 0. The van der Waals surface area contributed by atoms with Gasteiger partial charge in [-0.05, 0) is 18.1 Å². The van der Waals surface area contributed by atoms with Crippen LogP contribution < -0.4 is 16.0 Å². The van der Waals surface area contributed by atoms with Crippen molar-refractivity contribution in [2.75, 3.05) is 55.3 Å². The minimum Gasteiger partial charge on any atom is -0.395 e. The molecule has 7 heteroatoms. The van der Waals surface area contributed by atoms with Gasteiger partial charge in [0.05, 0.1) is 6.61 Å². The summed E-state index contributed by atoms with van der Waals surface area (Å²) in [5.74, 6) is 1.42. The third-order valence-electron chi connectivity index (χ3n) is 4.60. The Hall–Kier alpha value is -2.38. The van der Waals surface area contributed by atoms with Crippen molar-refractivity contribution in [3.8, 4) is 0 Å². The number of nitrogen functional groups attached to an aromatic ring is 1. The summed E-state index contributed by atoms with van der Waals surface area (Å²) in [6, 6.07) is 8.17. The first-order valence-electron chi connectivity index (χ1n) is 8.76. The SMILES string of the molecule is CCc1ccccc1Nc1ncnc(N2CCN(CCO)CC2)c1N. The van der Waals surface area contributed by atoms with E-state index < -0.39 is 0 Å². The number of rotatable bonds is 6. The van der Waals surface area contributed by atoms with Gasteiger partial charge in [0.15, 0.2) is 11.6 Å². The van der Waals surface area contributed by atoms with E-state index in [4.69, 9.17) is 10.8 Å². The number of aliphatic hydroxyl groups excluding tert-OH is 1. The second-order valence-corrected chi connectivity index (χ2v) is 6.15. The van der Waals surface area contributed by atoms with Crippen LogP contribution in [-0.4, -0.2) is 59.3 Å². The molecule has 1 aromatic carbocycles. The largest absolute Gasteiger partial charge is 0.395 e. The number of nitrogens with zero attached hydrogens (tertiary/aromatic N) is 4. The smallest absolute Gasteiger partial charge is 0.159 e. The maximum atomic E-state index is 9.06. The molecule has 1 aliphatic rings. The van der Waals surface area contributed by atoms with Crippen molar-refractivity contribution in [2.24, 2.45) is 0 Å². The fraction of sp³-hybridized carbons (Fsp3) is 0.444. The van der Waals surface area contributed by atoms with Crippen LogP contribution in [0.5, 0.6) is 0 Å². The van der Waals surface area contributed by atoms with E-state index >= 15 is 0 Å². The van der Waals surface area contributed by atoms with Gasteiger partial charge >= 0.3 is 0 Å². The molecular weight excluding hydrogens is 316 g/mol. The summed E-state index contributed by atoms with van der Waals surface area (Å²) in [6.07, 6.45) is 2.50. The average molecular weight is 342 g/mol. The number of para-hydroxylation sites is 1. The van der Waals surface area contributed by atoms with Gasteiger partial charge in [-0.15, -0.1) is 0 Å². The van der Waals surface area contributed by atoms with Crippen molar-refractivity contribution >= 4 is 23.0 Å². The molecule has 0 saturated carbocycles. The molecule has 2 heterocycles. The molecule has 134 valence electrons. The van der Waals surface area contributed by atoms with E-state index in [0.717, 1.165) is 44.1 Å². The predicted molar refractivity (Wildman–Crippen MR) is 101 cm³/mol. The van der Waals surface area contributed by atoms with Crippen molar-refractivity contribution in [3.05, 3.63) is 36.2 Å². The van der Waals surface area contributed by atoms with Gasteiger partial charge in [0.2, 0.25) is 0 Å². The Balaban J connectivity index is 1.77. The molecule has 1 fully saturated rings. The number of nitrogens with one attached hydrogen (secondary N) is 1. The number of piperazine rings is 1. The van der Waals surface area contributed by atoms with Crippen molar-refractivity contribution in [1.29, 1.82) is 0 Å². The van der Waals surface area contributed by atoms with Gasteiger partial charge in [0.25, 0.3) is 0 Å². The van der Waals surface area contributed by atoms with Crippen LogP contribution in [-0.2, 0) is 6.42 Å². The lowest BCUT2D eigenvalue weighted by molar-refractivity contribution is 0.188. The lowest BCUT2D eigenvalue weighted by atomic mass is 10.1. The Morgan fingerprint density at radius 3 is 2.64 bits per heavy atom. The number of hydrogen-bond acceptors (Lipinski definition) is 7. The van der Waals surface area contributed by atoms with Crippen molar-refractivity contribution < 1.29 is 5.11 Å². The molecule has 0 spiro atoms. The highest BCUT2D eigenvalue weighted by molar-refractivity contribution is 5.79. The van der Waals surface area contributed by atoms with Gasteiger partial charge in [-0.1, -0.05) is 25.1 Å². The minimum atomic E-state index is 0.195. The van der Waals surface area contributed by atoms with Crippen LogP contribution in [0.2, 0.25) is 0 Å². The van der Waals surface area contributed by atoms with Crippen LogP contribution >= 0.6 is 0 Å². The number of aryl methyl sites for hydroxylation is 1. The van der Waals surface area contributed by atoms with Gasteiger partial charge < -0.3 is 21.1 Å². The molecule has 0 radical (unpaired) electrons. The Bertz CT molecular complexity index is 700. The quantitative estimate of drug-likeness (QED) is 0.732. The summed E-state index contributed by atoms with van der Waals surface area (Å²) in [4.78, 5) is 13.2. The third-order valence-corrected chi connectivity index (χ3v) is 4.60. The molecule has 4 N–H and O–H groups in total. The second-order valence-electron chi connectivity index (χ2n) is 6.15. The lowest BCUT2D eigenvalue weighted by Gasteiger charge is -2.35. The van der Waals surface area contributed by atoms with Gasteiger partial charge in [-0.3, -0.25) is 4.90 Å². The van der Waals surface area contributed by atoms with Crippen molar-refractivity contribution in [1.82, 2.24) is 14.9 Å². The summed E-state index contributed by atoms with van der Waals surface area (Å²) >= 11 is 0. The highest BCUT2D eigenvalue weighted by atomic mass is 16.3. The monoisotopic (exact) mass is 342 g/mol. The number of benzene rings is 1. The molecule has 0 unspecified atom stereocenters. The number of anilines is 4. The summed E-state index contributed by atoms with van der Waals surface area (Å²) in [5.41, 5.74) is 9.18. The first kappa shape index (κ1) is 17.4. The van der Waals surface area contributed by atoms with Crippen LogP contribution in [0.25, 0.3) is 0 Å². The topological polar surface area (TPSA) is 90.5 Å². The zero-order valence-electron chi connectivity index (χ0n) is 14.6. The number of hydrogen-bond donors (Lipinski definition) is 3. The van der Waals surface area contributed by atoms with Crippen LogP contribution in [0.3, 0.4) is 0 Å². The number of β-amino-alcohol motifs (C(OH)–C–C–N with tert-alkyl or cyclic N) is 1. The van der Waals surface area contributed by atoms with Gasteiger partial charge in [0.1, 0.15) is 12.0 Å². The minimum absolute atomic E-state index is 0.195. The van der Waals surface area contributed by atoms with E-state index in [1.54, 1.807) is 6.33 Å². The zero-order valence-corrected chi connectivity index (χ0v) is 14.6. The molecule has 2 aromatic rings. The Morgan fingerprint density at radius 2 is 1.92 bits per heavy atom. The molecule has 0 amide bonds.